The van der Waals surface area contributed by atoms with E-state index in [-0.39, 0.29) is 29.4 Å². The van der Waals surface area contributed by atoms with Crippen molar-refractivity contribution in [3.8, 4) is 0 Å². The van der Waals surface area contributed by atoms with Crippen LogP contribution in [-0.4, -0.2) is 70.2 Å². The molecule has 166 valence electrons. The zero-order valence-corrected chi connectivity index (χ0v) is 18.0. The third kappa shape index (κ3) is 3.64. The highest BCUT2D eigenvalue weighted by atomic mass is 16.6. The van der Waals surface area contributed by atoms with Gasteiger partial charge in [-0.3, -0.25) is 34.3 Å². The van der Waals surface area contributed by atoms with Crippen LogP contribution in [-0.2, 0) is 10.2 Å². The van der Waals surface area contributed by atoms with Crippen molar-refractivity contribution in [2.75, 3.05) is 32.8 Å². The van der Waals surface area contributed by atoms with Crippen LogP contribution in [0, 0.1) is 10.1 Å². The number of hydrogen-bond acceptors (Lipinski definition) is 6. The van der Waals surface area contributed by atoms with Gasteiger partial charge >= 0.3 is 0 Å². The average Bonchev–Trinajstić information content (AvgIpc) is 3.04. The normalized spacial score (nSPS) is 16.9. The summed E-state index contributed by atoms with van der Waals surface area (Å²) in [6, 6.07) is 13.7. The summed E-state index contributed by atoms with van der Waals surface area (Å²) in [5.74, 6) is -1.15. The van der Waals surface area contributed by atoms with Crippen LogP contribution in [0.1, 0.15) is 40.1 Å². The lowest BCUT2D eigenvalue weighted by Gasteiger charge is -2.39. The van der Waals surface area contributed by atoms with Gasteiger partial charge in [0, 0.05) is 32.2 Å². The van der Waals surface area contributed by atoms with Gasteiger partial charge in [0.2, 0.25) is 5.91 Å². The van der Waals surface area contributed by atoms with Gasteiger partial charge in [0.15, 0.2) is 0 Å². The van der Waals surface area contributed by atoms with Crippen molar-refractivity contribution < 1.29 is 19.3 Å². The number of nitrogens with zero attached hydrogens (tertiary/aromatic N) is 4. The minimum atomic E-state index is -0.662. The fourth-order valence-electron chi connectivity index (χ4n) is 4.26. The van der Waals surface area contributed by atoms with Gasteiger partial charge in [0.1, 0.15) is 5.56 Å². The molecule has 0 radical (unpaired) electrons. The monoisotopic (exact) mass is 436 g/mol. The van der Waals surface area contributed by atoms with Gasteiger partial charge < -0.3 is 4.90 Å². The summed E-state index contributed by atoms with van der Waals surface area (Å²) < 4.78 is 0. The molecule has 4 rings (SSSR count). The van der Waals surface area contributed by atoms with Crippen LogP contribution in [0.15, 0.2) is 48.5 Å². The second-order valence-electron chi connectivity index (χ2n) is 8.54. The van der Waals surface area contributed by atoms with Crippen molar-refractivity contribution >= 4 is 23.4 Å². The zero-order valence-electron chi connectivity index (χ0n) is 18.0. The fraction of sp³-hybridized carbons (Fsp3) is 0.348. The Morgan fingerprint density at radius 3 is 2.25 bits per heavy atom. The van der Waals surface area contributed by atoms with E-state index >= 15 is 0 Å². The van der Waals surface area contributed by atoms with E-state index in [1.807, 2.05) is 49.1 Å². The van der Waals surface area contributed by atoms with Crippen LogP contribution in [0.3, 0.4) is 0 Å². The van der Waals surface area contributed by atoms with Crippen molar-refractivity contribution in [3.05, 3.63) is 75.3 Å². The van der Waals surface area contributed by atoms with E-state index in [0.717, 1.165) is 10.5 Å². The topological polar surface area (TPSA) is 104 Å². The maximum Gasteiger partial charge on any atom is 0.282 e. The molecule has 0 aliphatic carbocycles. The van der Waals surface area contributed by atoms with Crippen molar-refractivity contribution in [1.29, 1.82) is 0 Å². The Morgan fingerprint density at radius 1 is 0.969 bits per heavy atom. The quantitative estimate of drug-likeness (QED) is 0.405. The lowest BCUT2D eigenvalue weighted by atomic mass is 9.83. The van der Waals surface area contributed by atoms with Gasteiger partial charge in [-0.25, -0.2) is 0 Å². The van der Waals surface area contributed by atoms with E-state index < -0.39 is 22.2 Å². The number of amides is 3. The summed E-state index contributed by atoms with van der Waals surface area (Å²) in [6.45, 7) is 5.77. The van der Waals surface area contributed by atoms with Crippen LogP contribution >= 0.6 is 0 Å². The Labute approximate surface area is 185 Å². The lowest BCUT2D eigenvalue weighted by molar-refractivity contribution is -0.385. The maximum atomic E-state index is 13.2. The molecule has 2 aromatic rings. The molecule has 0 saturated carbocycles. The van der Waals surface area contributed by atoms with Gasteiger partial charge in [0.25, 0.3) is 17.5 Å². The molecule has 9 nitrogen and oxygen atoms in total. The number of nitro groups is 1. The number of benzene rings is 2. The van der Waals surface area contributed by atoms with Crippen LogP contribution < -0.4 is 0 Å². The Morgan fingerprint density at radius 2 is 1.62 bits per heavy atom. The first-order valence-electron chi connectivity index (χ1n) is 10.4. The first kappa shape index (κ1) is 21.6. The van der Waals surface area contributed by atoms with E-state index in [1.165, 1.54) is 18.2 Å². The van der Waals surface area contributed by atoms with E-state index in [0.29, 0.717) is 26.2 Å². The predicted octanol–water partition coefficient (Wildman–Crippen LogP) is 2.27. The summed E-state index contributed by atoms with van der Waals surface area (Å²) in [6.07, 6.45) is 0. The molecular formula is C23H24N4O5. The van der Waals surface area contributed by atoms with Gasteiger partial charge in [-0.15, -0.1) is 0 Å². The molecule has 3 amide bonds. The molecule has 1 fully saturated rings. The van der Waals surface area contributed by atoms with Crippen molar-refractivity contribution in [2.24, 2.45) is 0 Å². The Balaban J connectivity index is 1.41. The number of nitro benzene ring substituents is 1. The number of carbonyl (C=O) groups excluding carboxylic acids is 3. The second kappa shape index (κ2) is 8.16. The highest BCUT2D eigenvalue weighted by Crippen LogP contribution is 2.31. The molecule has 1 saturated heterocycles. The predicted molar refractivity (Wildman–Crippen MR) is 116 cm³/mol. The SMILES string of the molecule is CC(C)(C(=O)N1CCN(CN2C(=O)c3cccc([N+](=O)[O-])c3C2=O)CC1)c1ccccc1. The molecule has 0 N–H and O–H groups in total. The van der Waals surface area contributed by atoms with E-state index in [9.17, 15) is 24.5 Å². The second-order valence-corrected chi connectivity index (χ2v) is 8.54. The summed E-state index contributed by atoms with van der Waals surface area (Å²) in [4.78, 5) is 54.0. The number of carbonyl (C=O) groups is 3. The summed E-state index contributed by atoms with van der Waals surface area (Å²) in [7, 11) is 0. The van der Waals surface area contributed by atoms with Crippen LogP contribution in [0.4, 0.5) is 5.69 Å². The van der Waals surface area contributed by atoms with Gasteiger partial charge in [-0.05, 0) is 25.5 Å². The first-order chi connectivity index (χ1) is 15.2. The summed E-state index contributed by atoms with van der Waals surface area (Å²) >= 11 is 0. The lowest BCUT2D eigenvalue weighted by Crippen LogP contribution is -2.55. The zero-order chi connectivity index (χ0) is 23.0. The molecule has 0 aromatic heterocycles. The smallest absolute Gasteiger partial charge is 0.282 e. The molecule has 0 unspecified atom stereocenters. The molecule has 32 heavy (non-hydrogen) atoms. The number of hydrogen-bond donors (Lipinski definition) is 0. The molecule has 2 heterocycles. The average molecular weight is 436 g/mol. The Kier molecular flexibility index (Phi) is 5.52. The number of imide groups is 1. The van der Waals surface area contributed by atoms with Gasteiger partial charge in [0.05, 0.1) is 22.6 Å². The summed E-state index contributed by atoms with van der Waals surface area (Å²) in [5.41, 5.74) is -0.171. The van der Waals surface area contributed by atoms with Crippen LogP contribution in [0.2, 0.25) is 0 Å². The van der Waals surface area contributed by atoms with Crippen LogP contribution in [0.5, 0.6) is 0 Å². The number of rotatable bonds is 5. The highest BCUT2D eigenvalue weighted by molar-refractivity contribution is 6.23. The molecule has 2 aliphatic heterocycles. The molecular weight excluding hydrogens is 412 g/mol. The summed E-state index contributed by atoms with van der Waals surface area (Å²) in [5, 5.41) is 11.3. The number of piperazine rings is 1. The fourth-order valence-corrected chi connectivity index (χ4v) is 4.26. The molecule has 2 aromatic carbocycles. The molecule has 0 spiro atoms. The minimum absolute atomic E-state index is 0.0275. The Bertz CT molecular complexity index is 1090. The number of fused-ring (bicyclic) bond motifs is 1. The van der Waals surface area contributed by atoms with Gasteiger partial charge in [-0.2, -0.15) is 0 Å². The molecule has 0 bridgehead atoms. The third-order valence-corrected chi connectivity index (χ3v) is 6.20. The largest absolute Gasteiger partial charge is 0.339 e. The van der Waals surface area contributed by atoms with Crippen molar-refractivity contribution in [2.45, 2.75) is 19.3 Å². The Hall–Kier alpha value is -3.59. The van der Waals surface area contributed by atoms with E-state index in [4.69, 9.17) is 0 Å². The van der Waals surface area contributed by atoms with E-state index in [2.05, 4.69) is 0 Å². The first-order valence-corrected chi connectivity index (χ1v) is 10.4. The van der Waals surface area contributed by atoms with E-state index in [1.54, 1.807) is 4.90 Å². The van der Waals surface area contributed by atoms with Gasteiger partial charge in [-0.1, -0.05) is 36.4 Å². The molecule has 9 heteroatoms. The third-order valence-electron chi connectivity index (χ3n) is 6.20. The maximum absolute atomic E-state index is 13.2. The standard InChI is InChI=1S/C23H24N4O5/c1-23(2,16-7-4-3-5-8-16)22(30)25-13-11-24(12-14-25)15-26-20(28)17-9-6-10-18(27(31)32)19(17)21(26)29/h3-10H,11-15H2,1-2H3. The minimum Gasteiger partial charge on any atom is -0.339 e. The van der Waals surface area contributed by atoms with Crippen molar-refractivity contribution in [3.63, 3.8) is 0 Å². The highest BCUT2D eigenvalue weighted by Gasteiger charge is 2.42. The molecule has 0 atom stereocenters. The van der Waals surface area contributed by atoms with Crippen LogP contribution in [0.25, 0.3) is 0 Å². The van der Waals surface area contributed by atoms with Crippen molar-refractivity contribution in [1.82, 2.24) is 14.7 Å². The molecule has 2 aliphatic rings.